The van der Waals surface area contributed by atoms with Gasteiger partial charge in [0.05, 0.1) is 11.3 Å². The number of aromatic nitrogens is 2. The van der Waals surface area contributed by atoms with Gasteiger partial charge in [-0.3, -0.25) is 14.2 Å². The van der Waals surface area contributed by atoms with Crippen molar-refractivity contribution in [2.75, 3.05) is 5.32 Å². The van der Waals surface area contributed by atoms with Crippen LogP contribution in [0.5, 0.6) is 0 Å². The van der Waals surface area contributed by atoms with Gasteiger partial charge in [-0.1, -0.05) is 12.1 Å². The molecule has 1 aromatic heterocycles. The summed E-state index contributed by atoms with van der Waals surface area (Å²) >= 11 is 0. The molecule has 0 aliphatic heterocycles. The zero-order chi connectivity index (χ0) is 16.4. The monoisotopic (exact) mass is 303 g/mol. The number of carboxylic acids is 1. The Hall–Kier alpha value is -3.16. The van der Waals surface area contributed by atoms with Crippen LogP contribution in [0.1, 0.15) is 20.7 Å². The Morgan fingerprint density at radius 3 is 2.36 bits per heavy atom. The highest BCUT2D eigenvalue weighted by atomic mass is 16.4. The van der Waals surface area contributed by atoms with Crippen LogP contribution in [0.25, 0.3) is 0 Å². The Morgan fingerprint density at radius 1 is 1.09 bits per heavy atom. The molecule has 8 nitrogen and oxygen atoms in total. The quantitative estimate of drug-likeness (QED) is 0.831. The van der Waals surface area contributed by atoms with E-state index in [1.807, 2.05) is 0 Å². The number of amides is 1. The zero-order valence-corrected chi connectivity index (χ0v) is 11.9. The fourth-order valence-electron chi connectivity index (χ4n) is 1.93. The van der Waals surface area contributed by atoms with E-state index >= 15 is 0 Å². The van der Waals surface area contributed by atoms with Crippen molar-refractivity contribution in [3.63, 3.8) is 0 Å². The summed E-state index contributed by atoms with van der Waals surface area (Å²) in [6, 6.07) is 5.82. The van der Waals surface area contributed by atoms with E-state index < -0.39 is 23.1 Å². The molecule has 0 saturated carbocycles. The van der Waals surface area contributed by atoms with Gasteiger partial charge < -0.3 is 15.0 Å². The van der Waals surface area contributed by atoms with E-state index in [-0.39, 0.29) is 16.8 Å². The number of carbonyl (C=O) groups excluding carboxylic acids is 1. The van der Waals surface area contributed by atoms with Crippen molar-refractivity contribution in [1.82, 2.24) is 9.13 Å². The minimum absolute atomic E-state index is 0.0657. The highest BCUT2D eigenvalue weighted by Crippen LogP contribution is 2.15. The van der Waals surface area contributed by atoms with E-state index in [1.54, 1.807) is 6.07 Å². The van der Waals surface area contributed by atoms with Gasteiger partial charge in [0.15, 0.2) is 0 Å². The first-order valence-electron chi connectivity index (χ1n) is 6.23. The maximum Gasteiger partial charge on any atom is 0.337 e. The standard InChI is InChI=1S/C14H13N3O5/c1-16-7-9(12(19)17(2)14(16)22)11(18)15-10-6-4-3-5-8(10)13(20)21/h3-7H,1-2H3,(H,15,18)(H,20,21). The third-order valence-electron chi connectivity index (χ3n) is 3.10. The largest absolute Gasteiger partial charge is 0.478 e. The van der Waals surface area contributed by atoms with E-state index in [4.69, 9.17) is 5.11 Å². The fraction of sp³-hybridized carbons (Fsp3) is 0.143. The van der Waals surface area contributed by atoms with Crippen LogP contribution in [-0.4, -0.2) is 26.1 Å². The highest BCUT2D eigenvalue weighted by molar-refractivity contribution is 6.07. The van der Waals surface area contributed by atoms with Gasteiger partial charge in [-0.05, 0) is 12.1 Å². The predicted octanol–water partition coefficient (Wildman–Crippen LogP) is 0.0345. The molecule has 0 radical (unpaired) electrons. The normalized spacial score (nSPS) is 10.3. The molecule has 1 aromatic carbocycles. The van der Waals surface area contributed by atoms with E-state index in [2.05, 4.69) is 5.32 Å². The third kappa shape index (κ3) is 2.66. The Kier molecular flexibility index (Phi) is 3.93. The molecule has 0 fully saturated rings. The number of aryl methyl sites for hydroxylation is 1. The number of carboxylic acid groups (broad SMARTS) is 1. The SMILES string of the molecule is Cn1cc(C(=O)Nc2ccccc2C(=O)O)c(=O)n(C)c1=O. The van der Waals surface area contributed by atoms with Crippen molar-refractivity contribution >= 4 is 17.6 Å². The van der Waals surface area contributed by atoms with Crippen molar-refractivity contribution in [3.05, 3.63) is 62.4 Å². The van der Waals surface area contributed by atoms with Crippen LogP contribution < -0.4 is 16.6 Å². The Bertz CT molecular complexity index is 879. The highest BCUT2D eigenvalue weighted by Gasteiger charge is 2.17. The summed E-state index contributed by atoms with van der Waals surface area (Å²) in [6.07, 6.45) is 1.11. The average molecular weight is 303 g/mol. The fourth-order valence-corrected chi connectivity index (χ4v) is 1.93. The Labute approximate surface area is 124 Å². The number of carbonyl (C=O) groups is 2. The van der Waals surface area contributed by atoms with Crippen molar-refractivity contribution in [3.8, 4) is 0 Å². The van der Waals surface area contributed by atoms with Gasteiger partial charge >= 0.3 is 11.7 Å². The zero-order valence-electron chi connectivity index (χ0n) is 11.9. The Balaban J connectivity index is 2.46. The van der Waals surface area contributed by atoms with Gasteiger partial charge in [0.2, 0.25) is 0 Å². The second-order valence-corrected chi connectivity index (χ2v) is 4.61. The number of para-hydroxylation sites is 1. The summed E-state index contributed by atoms with van der Waals surface area (Å²) in [6.45, 7) is 0. The lowest BCUT2D eigenvalue weighted by molar-refractivity contribution is 0.0698. The first-order chi connectivity index (χ1) is 10.3. The van der Waals surface area contributed by atoms with E-state index in [1.165, 1.54) is 32.3 Å². The maximum atomic E-state index is 12.2. The molecule has 22 heavy (non-hydrogen) atoms. The minimum atomic E-state index is -1.20. The summed E-state index contributed by atoms with van der Waals surface area (Å²) in [4.78, 5) is 46.8. The number of hydrogen-bond acceptors (Lipinski definition) is 4. The lowest BCUT2D eigenvalue weighted by Crippen LogP contribution is -2.40. The molecule has 2 N–H and O–H groups in total. The molecule has 0 saturated heterocycles. The summed E-state index contributed by atoms with van der Waals surface area (Å²) < 4.78 is 1.90. The molecule has 1 heterocycles. The molecule has 0 spiro atoms. The van der Waals surface area contributed by atoms with Crippen LogP contribution in [-0.2, 0) is 14.1 Å². The number of hydrogen-bond donors (Lipinski definition) is 2. The number of benzene rings is 1. The van der Waals surface area contributed by atoms with E-state index in [0.29, 0.717) is 0 Å². The Morgan fingerprint density at radius 2 is 1.73 bits per heavy atom. The van der Waals surface area contributed by atoms with Gasteiger partial charge in [-0.2, -0.15) is 0 Å². The van der Waals surface area contributed by atoms with Crippen molar-refractivity contribution < 1.29 is 14.7 Å². The van der Waals surface area contributed by atoms with E-state index in [0.717, 1.165) is 15.3 Å². The topological polar surface area (TPSA) is 110 Å². The van der Waals surface area contributed by atoms with E-state index in [9.17, 15) is 19.2 Å². The van der Waals surface area contributed by atoms with Gasteiger partial charge in [0.25, 0.3) is 11.5 Å². The number of anilines is 1. The second-order valence-electron chi connectivity index (χ2n) is 4.61. The minimum Gasteiger partial charge on any atom is -0.478 e. The number of rotatable bonds is 3. The third-order valence-corrected chi connectivity index (χ3v) is 3.10. The van der Waals surface area contributed by atoms with Crippen molar-refractivity contribution in [2.24, 2.45) is 14.1 Å². The first kappa shape index (κ1) is 15.2. The van der Waals surface area contributed by atoms with Crippen molar-refractivity contribution in [1.29, 1.82) is 0 Å². The lowest BCUT2D eigenvalue weighted by Gasteiger charge is -2.09. The molecular formula is C14H13N3O5. The molecule has 0 unspecified atom stereocenters. The van der Waals surface area contributed by atoms with Gasteiger partial charge in [0.1, 0.15) is 5.56 Å². The lowest BCUT2D eigenvalue weighted by atomic mass is 10.1. The predicted molar refractivity (Wildman–Crippen MR) is 78.3 cm³/mol. The van der Waals surface area contributed by atoms with Gasteiger partial charge in [0, 0.05) is 20.3 Å². The van der Waals surface area contributed by atoms with Crippen LogP contribution in [0.2, 0.25) is 0 Å². The number of nitrogens with zero attached hydrogens (tertiary/aromatic N) is 2. The molecule has 0 aliphatic carbocycles. The second kappa shape index (κ2) is 5.68. The van der Waals surface area contributed by atoms with Crippen LogP contribution in [0.3, 0.4) is 0 Å². The van der Waals surface area contributed by atoms with Gasteiger partial charge in [-0.15, -0.1) is 0 Å². The summed E-state index contributed by atoms with van der Waals surface area (Å²) in [7, 11) is 2.66. The molecule has 2 rings (SSSR count). The molecular weight excluding hydrogens is 290 g/mol. The van der Waals surface area contributed by atoms with Crippen LogP contribution in [0.15, 0.2) is 40.1 Å². The summed E-state index contributed by atoms with van der Waals surface area (Å²) in [5, 5.41) is 11.4. The molecule has 114 valence electrons. The molecule has 0 atom stereocenters. The van der Waals surface area contributed by atoms with Crippen LogP contribution >= 0.6 is 0 Å². The van der Waals surface area contributed by atoms with Crippen LogP contribution in [0, 0.1) is 0 Å². The van der Waals surface area contributed by atoms with Crippen molar-refractivity contribution in [2.45, 2.75) is 0 Å². The average Bonchev–Trinajstić information content (AvgIpc) is 2.49. The number of nitrogens with one attached hydrogen (secondary N) is 1. The molecule has 1 amide bonds. The first-order valence-corrected chi connectivity index (χ1v) is 6.23. The molecule has 0 bridgehead atoms. The van der Waals surface area contributed by atoms with Gasteiger partial charge in [-0.25, -0.2) is 9.59 Å². The summed E-state index contributed by atoms with van der Waals surface area (Å²) in [5.41, 5.74) is -1.61. The molecule has 8 heteroatoms. The number of aromatic carboxylic acids is 1. The summed E-state index contributed by atoms with van der Waals surface area (Å²) in [5.74, 6) is -1.99. The smallest absolute Gasteiger partial charge is 0.337 e. The molecule has 2 aromatic rings. The van der Waals surface area contributed by atoms with Crippen LogP contribution in [0.4, 0.5) is 5.69 Å². The maximum absolute atomic E-state index is 12.2. The molecule has 0 aliphatic rings.